The van der Waals surface area contributed by atoms with E-state index >= 15 is 0 Å². The van der Waals surface area contributed by atoms with E-state index in [1.54, 1.807) is 11.8 Å². The van der Waals surface area contributed by atoms with Gasteiger partial charge in [-0.1, -0.05) is 0 Å². The van der Waals surface area contributed by atoms with Gasteiger partial charge in [0.2, 0.25) is 0 Å². The maximum atomic E-state index is 10.4. The van der Waals surface area contributed by atoms with E-state index < -0.39 is 6.09 Å². The van der Waals surface area contributed by atoms with Gasteiger partial charge in [0.15, 0.2) is 0 Å². The standard InChI is InChI=1S/C8H15NO3S/c1-6(12-7(9)10)5-8(2)11-3-4-13-8/h6H,3-5H2,1-2H3,(H2,9,10)/t6-,8+/m1/s1. The van der Waals surface area contributed by atoms with E-state index in [0.717, 1.165) is 12.4 Å². The first kappa shape index (κ1) is 10.7. The average molecular weight is 205 g/mol. The van der Waals surface area contributed by atoms with Crippen LogP contribution in [0, 0.1) is 0 Å². The molecule has 4 nitrogen and oxygen atoms in total. The number of carbonyl (C=O) groups is 1. The van der Waals surface area contributed by atoms with Gasteiger partial charge in [-0.15, -0.1) is 11.8 Å². The third-order valence-corrected chi connectivity index (χ3v) is 3.14. The molecule has 2 atom stereocenters. The van der Waals surface area contributed by atoms with Crippen LogP contribution in [0.15, 0.2) is 0 Å². The zero-order chi connectivity index (χ0) is 9.90. The van der Waals surface area contributed by atoms with E-state index in [-0.39, 0.29) is 11.0 Å². The second kappa shape index (κ2) is 4.19. The van der Waals surface area contributed by atoms with E-state index in [1.807, 2.05) is 13.8 Å². The van der Waals surface area contributed by atoms with E-state index in [9.17, 15) is 4.79 Å². The summed E-state index contributed by atoms with van der Waals surface area (Å²) in [6, 6.07) is 0. The quantitative estimate of drug-likeness (QED) is 0.755. The fourth-order valence-corrected chi connectivity index (χ4v) is 2.55. The summed E-state index contributed by atoms with van der Waals surface area (Å²) in [4.78, 5) is 10.2. The van der Waals surface area contributed by atoms with E-state index in [2.05, 4.69) is 0 Å². The molecule has 1 heterocycles. The molecule has 13 heavy (non-hydrogen) atoms. The molecule has 1 amide bonds. The summed E-state index contributed by atoms with van der Waals surface area (Å²) in [5.41, 5.74) is 4.90. The summed E-state index contributed by atoms with van der Waals surface area (Å²) >= 11 is 1.75. The van der Waals surface area contributed by atoms with Gasteiger partial charge in [0.25, 0.3) is 0 Å². The minimum atomic E-state index is -0.723. The molecule has 1 rings (SSSR count). The molecule has 0 aromatic heterocycles. The van der Waals surface area contributed by atoms with Crippen molar-refractivity contribution >= 4 is 17.9 Å². The van der Waals surface area contributed by atoms with E-state index in [0.29, 0.717) is 6.42 Å². The van der Waals surface area contributed by atoms with E-state index in [1.165, 1.54) is 0 Å². The Bertz CT molecular complexity index is 192. The highest BCUT2D eigenvalue weighted by Crippen LogP contribution is 2.36. The van der Waals surface area contributed by atoms with Gasteiger partial charge in [-0.3, -0.25) is 0 Å². The van der Waals surface area contributed by atoms with Crippen molar-refractivity contribution in [3.8, 4) is 0 Å². The first-order chi connectivity index (χ1) is 6.02. The summed E-state index contributed by atoms with van der Waals surface area (Å²) in [5.74, 6) is 1.000. The van der Waals surface area contributed by atoms with Crippen LogP contribution in [0.25, 0.3) is 0 Å². The van der Waals surface area contributed by atoms with Crippen molar-refractivity contribution in [2.45, 2.75) is 31.3 Å². The molecule has 0 saturated carbocycles. The summed E-state index contributed by atoms with van der Waals surface area (Å²) in [6.45, 7) is 4.59. The molecule has 0 aromatic carbocycles. The molecule has 1 fully saturated rings. The lowest BCUT2D eigenvalue weighted by Gasteiger charge is -2.25. The minimum absolute atomic E-state index is 0.187. The Hall–Kier alpha value is -0.420. The lowest BCUT2D eigenvalue weighted by molar-refractivity contribution is 0.0192. The smallest absolute Gasteiger partial charge is 0.404 e. The van der Waals surface area contributed by atoms with Crippen LogP contribution in [0.1, 0.15) is 20.3 Å². The maximum Gasteiger partial charge on any atom is 0.404 e. The molecule has 0 unspecified atom stereocenters. The number of ether oxygens (including phenoxy) is 2. The van der Waals surface area contributed by atoms with Crippen molar-refractivity contribution in [2.24, 2.45) is 5.73 Å². The minimum Gasteiger partial charge on any atom is -0.447 e. The Morgan fingerprint density at radius 2 is 2.54 bits per heavy atom. The Labute approximate surface area is 82.1 Å². The molecular formula is C8H15NO3S. The molecule has 0 spiro atoms. The third-order valence-electron chi connectivity index (χ3n) is 1.87. The lowest BCUT2D eigenvalue weighted by atomic mass is 10.2. The van der Waals surface area contributed by atoms with Crippen LogP contribution in [-0.2, 0) is 9.47 Å². The maximum absolute atomic E-state index is 10.4. The van der Waals surface area contributed by atoms with Gasteiger partial charge in [0.1, 0.15) is 11.0 Å². The van der Waals surface area contributed by atoms with E-state index in [4.69, 9.17) is 15.2 Å². The monoisotopic (exact) mass is 205 g/mol. The van der Waals surface area contributed by atoms with Gasteiger partial charge in [0, 0.05) is 12.2 Å². The normalized spacial score (nSPS) is 30.0. The van der Waals surface area contributed by atoms with Crippen LogP contribution in [0.5, 0.6) is 0 Å². The molecule has 1 saturated heterocycles. The zero-order valence-corrected chi connectivity index (χ0v) is 8.73. The topological polar surface area (TPSA) is 61.6 Å². The molecule has 2 N–H and O–H groups in total. The van der Waals surface area contributed by atoms with Crippen LogP contribution < -0.4 is 5.73 Å². The van der Waals surface area contributed by atoms with Crippen LogP contribution in [0.2, 0.25) is 0 Å². The Morgan fingerprint density at radius 1 is 1.85 bits per heavy atom. The van der Waals surface area contributed by atoms with Crippen molar-refractivity contribution in [1.82, 2.24) is 0 Å². The average Bonchev–Trinajstić information content (AvgIpc) is 2.33. The number of hydrogen-bond donors (Lipinski definition) is 1. The van der Waals surface area contributed by atoms with Gasteiger partial charge in [0.05, 0.1) is 6.61 Å². The van der Waals surface area contributed by atoms with Gasteiger partial charge in [-0.05, 0) is 13.8 Å². The highest BCUT2D eigenvalue weighted by atomic mass is 32.2. The van der Waals surface area contributed by atoms with Gasteiger partial charge in [-0.2, -0.15) is 0 Å². The lowest BCUT2D eigenvalue weighted by Crippen LogP contribution is -2.29. The number of carbonyl (C=O) groups excluding carboxylic acids is 1. The number of amides is 1. The summed E-state index contributed by atoms with van der Waals surface area (Å²) in [7, 11) is 0. The van der Waals surface area contributed by atoms with Crippen molar-refractivity contribution in [1.29, 1.82) is 0 Å². The number of thioether (sulfide) groups is 1. The van der Waals surface area contributed by atoms with Crippen molar-refractivity contribution in [3.63, 3.8) is 0 Å². The molecule has 1 aliphatic heterocycles. The highest BCUT2D eigenvalue weighted by molar-refractivity contribution is 8.00. The Kier molecular flexibility index (Phi) is 3.44. The van der Waals surface area contributed by atoms with Crippen molar-refractivity contribution in [3.05, 3.63) is 0 Å². The molecule has 5 heteroatoms. The molecule has 76 valence electrons. The van der Waals surface area contributed by atoms with Gasteiger partial charge < -0.3 is 15.2 Å². The second-order valence-corrected chi connectivity index (χ2v) is 4.84. The fraction of sp³-hybridized carbons (Fsp3) is 0.875. The molecule has 0 radical (unpaired) electrons. The second-order valence-electron chi connectivity index (χ2n) is 3.28. The summed E-state index contributed by atoms with van der Waals surface area (Å²) in [5, 5.41) is 0. The summed E-state index contributed by atoms with van der Waals surface area (Å²) in [6.07, 6.45) is -0.229. The first-order valence-corrected chi connectivity index (χ1v) is 5.24. The van der Waals surface area contributed by atoms with Gasteiger partial charge in [-0.25, -0.2) is 4.79 Å². The van der Waals surface area contributed by atoms with Crippen molar-refractivity contribution in [2.75, 3.05) is 12.4 Å². The predicted molar refractivity (Wildman–Crippen MR) is 51.6 cm³/mol. The Morgan fingerprint density at radius 3 is 3.00 bits per heavy atom. The highest BCUT2D eigenvalue weighted by Gasteiger charge is 2.33. The van der Waals surface area contributed by atoms with Crippen molar-refractivity contribution < 1.29 is 14.3 Å². The SMILES string of the molecule is C[C@H](C[C@@]1(C)OCCS1)OC(N)=O. The number of rotatable bonds is 3. The largest absolute Gasteiger partial charge is 0.447 e. The van der Waals surface area contributed by atoms with Crippen LogP contribution in [0.4, 0.5) is 4.79 Å². The first-order valence-electron chi connectivity index (χ1n) is 4.26. The molecule has 1 aliphatic rings. The molecule has 0 aromatic rings. The van der Waals surface area contributed by atoms with Crippen LogP contribution in [0.3, 0.4) is 0 Å². The molecule has 0 bridgehead atoms. The zero-order valence-electron chi connectivity index (χ0n) is 7.91. The molecule has 0 aliphatic carbocycles. The van der Waals surface area contributed by atoms with Gasteiger partial charge >= 0.3 is 6.09 Å². The number of nitrogens with two attached hydrogens (primary N) is 1. The number of hydrogen-bond acceptors (Lipinski definition) is 4. The predicted octanol–water partition coefficient (Wildman–Crippen LogP) is 1.34. The van der Waals surface area contributed by atoms with Crippen LogP contribution in [-0.4, -0.2) is 29.5 Å². The summed E-state index contributed by atoms with van der Waals surface area (Å²) < 4.78 is 10.3. The van der Waals surface area contributed by atoms with Crippen LogP contribution >= 0.6 is 11.8 Å². The Balaban J connectivity index is 2.33. The molecular weight excluding hydrogens is 190 g/mol. The number of primary amides is 1. The fourth-order valence-electron chi connectivity index (χ4n) is 1.44. The third kappa shape index (κ3) is 3.44.